The Morgan fingerprint density at radius 1 is 1.11 bits per heavy atom. The van der Waals surface area contributed by atoms with Gasteiger partial charge in [0.25, 0.3) is 5.91 Å². The lowest BCUT2D eigenvalue weighted by molar-refractivity contribution is -0.140. The summed E-state index contributed by atoms with van der Waals surface area (Å²) in [6, 6.07) is 15.6. The molecule has 6 rings (SSSR count). The number of piperidine rings is 1. The van der Waals surface area contributed by atoms with Gasteiger partial charge in [0.2, 0.25) is 5.91 Å². The molecule has 2 bridgehead atoms. The maximum absolute atomic E-state index is 13.2. The number of nitrogens with zero attached hydrogens (tertiary/aromatic N) is 3. The minimum absolute atomic E-state index is 0.0272. The van der Waals surface area contributed by atoms with Gasteiger partial charge < -0.3 is 14.8 Å². The van der Waals surface area contributed by atoms with Crippen LogP contribution < -0.4 is 0 Å². The second kappa shape index (κ2) is 6.78. The number of fused-ring (bicyclic) bond motifs is 5. The topological polar surface area (TPSA) is 69.3 Å². The number of aromatic amines is 1. The molecule has 0 saturated carbocycles. The second-order valence-electron chi connectivity index (χ2n) is 7.70. The first-order valence-corrected chi connectivity index (χ1v) is 9.76. The summed E-state index contributed by atoms with van der Waals surface area (Å²) in [6.07, 6.45) is 3.53. The summed E-state index contributed by atoms with van der Waals surface area (Å²) in [5, 5.41) is 1.02. The Kier molecular flexibility index (Phi) is 4.11. The third-order valence-corrected chi connectivity index (χ3v) is 5.90. The Bertz CT molecular complexity index is 996. The van der Waals surface area contributed by atoms with Crippen molar-refractivity contribution in [1.82, 2.24) is 19.8 Å². The number of hydrogen-bond acceptors (Lipinski definition) is 3. The Morgan fingerprint density at radius 3 is 2.79 bits per heavy atom. The van der Waals surface area contributed by atoms with E-state index in [0.717, 1.165) is 29.4 Å². The molecule has 0 spiro atoms. The fourth-order valence-electron chi connectivity index (χ4n) is 4.44. The SMILES string of the molecule is O=C(c1cc2ccccc2[nH]1)N1C[C@@H]2CC[C@H](C1)N(Cc1ccccn1)C2=O. The van der Waals surface area contributed by atoms with Gasteiger partial charge in [-0.15, -0.1) is 0 Å². The molecule has 0 unspecified atom stereocenters. The summed E-state index contributed by atoms with van der Waals surface area (Å²) in [5.74, 6) is -0.00905. The van der Waals surface area contributed by atoms with Crippen molar-refractivity contribution in [3.05, 3.63) is 66.1 Å². The first-order chi connectivity index (χ1) is 13.7. The quantitative estimate of drug-likeness (QED) is 0.766. The molecule has 3 fully saturated rings. The maximum Gasteiger partial charge on any atom is 0.270 e. The van der Waals surface area contributed by atoms with E-state index in [-0.39, 0.29) is 23.8 Å². The molecule has 142 valence electrons. The highest BCUT2D eigenvalue weighted by molar-refractivity contribution is 5.98. The van der Waals surface area contributed by atoms with Crippen LogP contribution >= 0.6 is 0 Å². The van der Waals surface area contributed by atoms with Crippen molar-refractivity contribution in [2.45, 2.75) is 25.4 Å². The number of rotatable bonds is 3. The summed E-state index contributed by atoms with van der Waals surface area (Å²) in [7, 11) is 0. The first-order valence-electron chi connectivity index (χ1n) is 9.76. The molecule has 0 aliphatic carbocycles. The van der Waals surface area contributed by atoms with E-state index >= 15 is 0 Å². The van der Waals surface area contributed by atoms with Gasteiger partial charge in [-0.25, -0.2) is 0 Å². The Balaban J connectivity index is 1.39. The number of nitrogens with one attached hydrogen (secondary N) is 1. The summed E-state index contributed by atoms with van der Waals surface area (Å²) in [6.45, 7) is 1.57. The molecule has 3 aliphatic rings. The van der Waals surface area contributed by atoms with Gasteiger partial charge in [0.05, 0.1) is 18.2 Å². The molecule has 2 atom stereocenters. The highest BCUT2D eigenvalue weighted by Gasteiger charge is 2.42. The van der Waals surface area contributed by atoms with E-state index in [2.05, 4.69) is 9.97 Å². The lowest BCUT2D eigenvalue weighted by Gasteiger charge is -2.35. The van der Waals surface area contributed by atoms with Crippen molar-refractivity contribution in [1.29, 1.82) is 0 Å². The van der Waals surface area contributed by atoms with Crippen molar-refractivity contribution < 1.29 is 9.59 Å². The van der Waals surface area contributed by atoms with Crippen LogP contribution in [0.15, 0.2) is 54.7 Å². The van der Waals surface area contributed by atoms with Gasteiger partial charge in [0, 0.05) is 36.2 Å². The Hall–Kier alpha value is -3.15. The third kappa shape index (κ3) is 2.95. The second-order valence-corrected chi connectivity index (χ2v) is 7.70. The number of benzene rings is 1. The number of carbonyl (C=O) groups excluding carboxylic acids is 2. The van der Waals surface area contributed by atoms with Gasteiger partial charge in [-0.05, 0) is 37.1 Å². The molecular formula is C22H22N4O2. The molecule has 28 heavy (non-hydrogen) atoms. The minimum atomic E-state index is -0.129. The zero-order valence-electron chi connectivity index (χ0n) is 15.5. The number of H-pyrrole nitrogens is 1. The summed E-state index contributed by atoms with van der Waals surface area (Å²) < 4.78 is 0. The molecule has 6 nitrogen and oxygen atoms in total. The fourth-order valence-corrected chi connectivity index (χ4v) is 4.44. The Labute approximate surface area is 163 Å². The van der Waals surface area contributed by atoms with Crippen LogP contribution in [0, 0.1) is 5.92 Å². The molecule has 2 aromatic heterocycles. The smallest absolute Gasteiger partial charge is 0.270 e. The normalized spacial score (nSPS) is 21.9. The van der Waals surface area contributed by atoms with Gasteiger partial charge in [0.15, 0.2) is 0 Å². The van der Waals surface area contributed by atoms with E-state index in [1.54, 1.807) is 6.20 Å². The van der Waals surface area contributed by atoms with Crippen LogP contribution in [-0.4, -0.2) is 50.7 Å². The van der Waals surface area contributed by atoms with Gasteiger partial charge in [-0.2, -0.15) is 0 Å². The zero-order chi connectivity index (χ0) is 19.1. The molecule has 5 heterocycles. The molecule has 1 N–H and O–H groups in total. The molecular weight excluding hydrogens is 352 g/mol. The number of para-hydroxylation sites is 1. The predicted molar refractivity (Wildman–Crippen MR) is 106 cm³/mol. The van der Waals surface area contributed by atoms with Crippen molar-refractivity contribution in [2.24, 2.45) is 5.92 Å². The molecule has 3 saturated heterocycles. The van der Waals surface area contributed by atoms with Crippen LogP contribution in [0.4, 0.5) is 0 Å². The van der Waals surface area contributed by atoms with E-state index in [4.69, 9.17) is 0 Å². The molecule has 3 aliphatic heterocycles. The highest BCUT2D eigenvalue weighted by Crippen LogP contribution is 2.31. The lowest BCUT2D eigenvalue weighted by atomic mass is 9.94. The molecule has 6 heteroatoms. The molecule has 3 aromatic rings. The van der Waals surface area contributed by atoms with Crippen LogP contribution in [0.3, 0.4) is 0 Å². The minimum Gasteiger partial charge on any atom is -0.351 e. The number of carbonyl (C=O) groups is 2. The van der Waals surface area contributed by atoms with E-state index in [9.17, 15) is 9.59 Å². The Morgan fingerprint density at radius 2 is 1.96 bits per heavy atom. The van der Waals surface area contributed by atoms with Crippen molar-refractivity contribution >= 4 is 22.7 Å². The number of aromatic nitrogens is 2. The van der Waals surface area contributed by atoms with Crippen molar-refractivity contribution in [3.8, 4) is 0 Å². The van der Waals surface area contributed by atoms with Gasteiger partial charge in [-0.1, -0.05) is 24.3 Å². The summed E-state index contributed by atoms with van der Waals surface area (Å²) >= 11 is 0. The fraction of sp³-hybridized carbons (Fsp3) is 0.318. The monoisotopic (exact) mass is 374 g/mol. The van der Waals surface area contributed by atoms with E-state index in [1.165, 1.54) is 0 Å². The van der Waals surface area contributed by atoms with E-state index in [0.29, 0.717) is 25.3 Å². The largest absolute Gasteiger partial charge is 0.351 e. The van der Waals surface area contributed by atoms with Crippen molar-refractivity contribution in [2.75, 3.05) is 13.1 Å². The van der Waals surface area contributed by atoms with E-state index in [1.807, 2.05) is 58.3 Å². The number of amides is 2. The van der Waals surface area contributed by atoms with Gasteiger partial charge in [-0.3, -0.25) is 14.6 Å². The molecule has 0 radical (unpaired) electrons. The zero-order valence-corrected chi connectivity index (χ0v) is 15.5. The average molecular weight is 374 g/mol. The average Bonchev–Trinajstić information content (AvgIpc) is 2.98. The predicted octanol–water partition coefficient (Wildman–Crippen LogP) is 2.83. The number of hydrogen-bond donors (Lipinski definition) is 1. The summed E-state index contributed by atoms with van der Waals surface area (Å²) in [5.41, 5.74) is 2.43. The van der Waals surface area contributed by atoms with Crippen LogP contribution in [0.1, 0.15) is 29.0 Å². The van der Waals surface area contributed by atoms with Crippen LogP contribution in [-0.2, 0) is 11.3 Å². The van der Waals surface area contributed by atoms with Crippen LogP contribution in [0.25, 0.3) is 10.9 Å². The number of pyridine rings is 1. The van der Waals surface area contributed by atoms with Crippen LogP contribution in [0.5, 0.6) is 0 Å². The van der Waals surface area contributed by atoms with Crippen molar-refractivity contribution in [3.63, 3.8) is 0 Å². The molecule has 1 aromatic carbocycles. The molecule has 2 amide bonds. The standard InChI is InChI=1S/C22H22N4O2/c27-21-16-8-9-18(26(21)13-17-6-3-4-10-23-17)14-25(12-16)22(28)20-11-15-5-1-2-7-19(15)24-20/h1-7,10-11,16,18,24H,8-9,12-14H2/t16-,18+/m0/s1. The summed E-state index contributed by atoms with van der Waals surface area (Å²) in [4.78, 5) is 37.5. The third-order valence-electron chi connectivity index (χ3n) is 5.90. The first kappa shape index (κ1) is 17.0. The highest BCUT2D eigenvalue weighted by atomic mass is 16.2. The van der Waals surface area contributed by atoms with Gasteiger partial charge in [0.1, 0.15) is 5.69 Å². The van der Waals surface area contributed by atoms with E-state index < -0.39 is 0 Å². The van der Waals surface area contributed by atoms with Crippen LogP contribution in [0.2, 0.25) is 0 Å². The lowest BCUT2D eigenvalue weighted by Crippen LogP contribution is -2.47. The van der Waals surface area contributed by atoms with Gasteiger partial charge >= 0.3 is 0 Å². The maximum atomic E-state index is 13.2.